The number of likely N-dealkylation sites (tertiary alicyclic amines) is 1. The predicted octanol–water partition coefficient (Wildman–Crippen LogP) is 3.88. The summed E-state index contributed by atoms with van der Waals surface area (Å²) in [5, 5.41) is 3.05. The van der Waals surface area contributed by atoms with Crippen LogP contribution in [-0.4, -0.2) is 58.3 Å². The molecule has 1 N–H and O–H groups in total. The van der Waals surface area contributed by atoms with Crippen LogP contribution in [0.3, 0.4) is 0 Å². The second kappa shape index (κ2) is 10.7. The van der Waals surface area contributed by atoms with Gasteiger partial charge in [-0.3, -0.25) is 19.5 Å². The fourth-order valence-electron chi connectivity index (χ4n) is 6.62. The molecule has 3 saturated heterocycles. The van der Waals surface area contributed by atoms with Crippen LogP contribution >= 0.6 is 0 Å². The standard InChI is InChI=1S/C28H36N4O2/c33-26(30-19-21-7-2-1-3-8-21)12-4-11-25-24-10-6-18-31-17-5-9-23(27(24)31)20-32(25)28(34)22-13-15-29-16-14-22/h1-3,7-8,13-16,23-25,27H,4-6,9-12,17-20H2,(H,30,33)/t23-,24+,25+,27-/m0/s1. The molecule has 2 aromatic rings. The Balaban J connectivity index is 1.26. The van der Waals surface area contributed by atoms with Crippen molar-refractivity contribution in [3.8, 4) is 0 Å². The van der Waals surface area contributed by atoms with Gasteiger partial charge in [0.05, 0.1) is 0 Å². The molecule has 6 nitrogen and oxygen atoms in total. The van der Waals surface area contributed by atoms with Crippen molar-refractivity contribution < 1.29 is 9.59 Å². The molecule has 5 rings (SSSR count). The topological polar surface area (TPSA) is 65.5 Å². The summed E-state index contributed by atoms with van der Waals surface area (Å²) in [5.41, 5.74) is 1.84. The molecule has 3 aliphatic heterocycles. The average molecular weight is 461 g/mol. The van der Waals surface area contributed by atoms with Crippen molar-refractivity contribution in [2.24, 2.45) is 11.8 Å². The molecule has 0 aliphatic carbocycles. The van der Waals surface area contributed by atoms with Gasteiger partial charge in [-0.25, -0.2) is 0 Å². The highest BCUT2D eigenvalue weighted by atomic mass is 16.2. The van der Waals surface area contributed by atoms with Gasteiger partial charge in [0.15, 0.2) is 0 Å². The number of benzene rings is 1. The third-order valence-electron chi connectivity index (χ3n) is 8.10. The van der Waals surface area contributed by atoms with Crippen LogP contribution in [0.5, 0.6) is 0 Å². The molecule has 3 fully saturated rings. The van der Waals surface area contributed by atoms with Crippen molar-refractivity contribution in [1.29, 1.82) is 0 Å². The van der Waals surface area contributed by atoms with E-state index < -0.39 is 0 Å². The molecule has 180 valence electrons. The second-order valence-corrected chi connectivity index (χ2v) is 10.2. The summed E-state index contributed by atoms with van der Waals surface area (Å²) in [6, 6.07) is 14.5. The maximum absolute atomic E-state index is 13.6. The normalized spacial score (nSPS) is 26.5. The van der Waals surface area contributed by atoms with E-state index in [0.29, 0.717) is 30.8 Å². The number of amides is 2. The molecule has 0 spiro atoms. The maximum atomic E-state index is 13.6. The van der Waals surface area contributed by atoms with Crippen LogP contribution in [-0.2, 0) is 11.3 Å². The molecule has 2 amide bonds. The monoisotopic (exact) mass is 460 g/mol. The fraction of sp³-hybridized carbons (Fsp3) is 0.536. The lowest BCUT2D eigenvalue weighted by molar-refractivity contribution is -0.121. The lowest BCUT2D eigenvalue weighted by Gasteiger charge is -2.57. The highest BCUT2D eigenvalue weighted by Crippen LogP contribution is 2.43. The Morgan fingerprint density at radius 1 is 1.00 bits per heavy atom. The molecular formula is C28H36N4O2. The molecule has 0 saturated carbocycles. The minimum absolute atomic E-state index is 0.0903. The Hall–Kier alpha value is -2.73. The van der Waals surface area contributed by atoms with Crippen molar-refractivity contribution in [2.75, 3.05) is 19.6 Å². The number of hydrogen-bond acceptors (Lipinski definition) is 4. The summed E-state index contributed by atoms with van der Waals surface area (Å²) in [4.78, 5) is 35.1. The van der Waals surface area contributed by atoms with Gasteiger partial charge in [0.1, 0.15) is 0 Å². The first-order chi connectivity index (χ1) is 16.7. The molecule has 0 unspecified atom stereocenters. The van der Waals surface area contributed by atoms with E-state index in [1.165, 1.54) is 38.8 Å². The van der Waals surface area contributed by atoms with E-state index in [0.717, 1.165) is 30.5 Å². The minimum Gasteiger partial charge on any atom is -0.352 e. The first-order valence-corrected chi connectivity index (χ1v) is 13.0. The number of piperidine rings is 3. The average Bonchev–Trinajstić information content (AvgIpc) is 2.89. The van der Waals surface area contributed by atoms with E-state index in [1.807, 2.05) is 42.5 Å². The van der Waals surface area contributed by atoms with Crippen molar-refractivity contribution in [2.45, 2.75) is 63.6 Å². The Kier molecular flexibility index (Phi) is 7.24. The van der Waals surface area contributed by atoms with E-state index in [1.54, 1.807) is 12.4 Å². The summed E-state index contributed by atoms with van der Waals surface area (Å²) in [5.74, 6) is 1.29. The van der Waals surface area contributed by atoms with Gasteiger partial charge in [-0.15, -0.1) is 0 Å². The van der Waals surface area contributed by atoms with E-state index in [2.05, 4.69) is 20.1 Å². The lowest BCUT2D eigenvalue weighted by Crippen LogP contribution is -2.65. The molecule has 0 bridgehead atoms. The van der Waals surface area contributed by atoms with Gasteiger partial charge in [0, 0.05) is 49.6 Å². The van der Waals surface area contributed by atoms with Gasteiger partial charge in [0.25, 0.3) is 5.91 Å². The summed E-state index contributed by atoms with van der Waals surface area (Å²) in [6.07, 6.45) is 10.4. The second-order valence-electron chi connectivity index (χ2n) is 10.2. The van der Waals surface area contributed by atoms with E-state index in [4.69, 9.17) is 0 Å². The van der Waals surface area contributed by atoms with Gasteiger partial charge in [-0.05, 0) is 81.1 Å². The van der Waals surface area contributed by atoms with Crippen molar-refractivity contribution in [3.05, 3.63) is 66.0 Å². The SMILES string of the molecule is O=C(CCC[C@@H]1[C@H]2CCCN3CCC[C@@H](CN1C(=O)c1ccncc1)[C@@H]23)NCc1ccccc1. The number of aromatic nitrogens is 1. The van der Waals surface area contributed by atoms with Crippen LogP contribution in [0.2, 0.25) is 0 Å². The highest BCUT2D eigenvalue weighted by molar-refractivity contribution is 5.94. The van der Waals surface area contributed by atoms with Crippen LogP contribution in [0.1, 0.15) is 60.9 Å². The molecule has 0 radical (unpaired) electrons. The van der Waals surface area contributed by atoms with E-state index >= 15 is 0 Å². The van der Waals surface area contributed by atoms with Crippen molar-refractivity contribution in [1.82, 2.24) is 20.1 Å². The third-order valence-corrected chi connectivity index (χ3v) is 8.10. The summed E-state index contributed by atoms with van der Waals surface area (Å²) in [6.45, 7) is 3.80. The first-order valence-electron chi connectivity index (χ1n) is 13.0. The molecule has 6 heteroatoms. The number of pyridine rings is 1. The Morgan fingerprint density at radius 2 is 1.76 bits per heavy atom. The number of carbonyl (C=O) groups excluding carboxylic acids is 2. The molecule has 1 aromatic heterocycles. The van der Waals surface area contributed by atoms with E-state index in [9.17, 15) is 9.59 Å². The van der Waals surface area contributed by atoms with E-state index in [-0.39, 0.29) is 17.9 Å². The fourth-order valence-corrected chi connectivity index (χ4v) is 6.62. The third kappa shape index (κ3) is 5.02. The molecule has 4 heterocycles. The highest BCUT2D eigenvalue weighted by Gasteiger charge is 2.49. The zero-order valence-corrected chi connectivity index (χ0v) is 19.9. The van der Waals surface area contributed by atoms with Gasteiger partial charge >= 0.3 is 0 Å². The number of hydrogen-bond donors (Lipinski definition) is 1. The van der Waals surface area contributed by atoms with Crippen LogP contribution in [0.15, 0.2) is 54.9 Å². The minimum atomic E-state index is 0.0903. The number of carbonyl (C=O) groups is 2. The van der Waals surface area contributed by atoms with Crippen LogP contribution in [0, 0.1) is 11.8 Å². The van der Waals surface area contributed by atoms with Crippen molar-refractivity contribution >= 4 is 11.8 Å². The quantitative estimate of drug-likeness (QED) is 0.681. The van der Waals surface area contributed by atoms with Crippen LogP contribution in [0.4, 0.5) is 0 Å². The molecule has 34 heavy (non-hydrogen) atoms. The van der Waals surface area contributed by atoms with Gasteiger partial charge < -0.3 is 10.2 Å². The zero-order chi connectivity index (χ0) is 23.3. The summed E-state index contributed by atoms with van der Waals surface area (Å²) >= 11 is 0. The summed E-state index contributed by atoms with van der Waals surface area (Å²) in [7, 11) is 0. The van der Waals surface area contributed by atoms with Crippen LogP contribution in [0.25, 0.3) is 0 Å². The van der Waals surface area contributed by atoms with Crippen LogP contribution < -0.4 is 5.32 Å². The molecule has 4 atom stereocenters. The van der Waals surface area contributed by atoms with Gasteiger partial charge in [0.2, 0.25) is 5.91 Å². The number of rotatable bonds is 7. The van der Waals surface area contributed by atoms with Crippen molar-refractivity contribution in [3.63, 3.8) is 0 Å². The zero-order valence-electron chi connectivity index (χ0n) is 19.9. The lowest BCUT2D eigenvalue weighted by atomic mass is 9.69. The Labute approximate surface area is 202 Å². The summed E-state index contributed by atoms with van der Waals surface area (Å²) < 4.78 is 0. The molecular weight excluding hydrogens is 424 g/mol. The Bertz CT molecular complexity index is 965. The largest absolute Gasteiger partial charge is 0.352 e. The Morgan fingerprint density at radius 3 is 2.56 bits per heavy atom. The smallest absolute Gasteiger partial charge is 0.254 e. The molecule has 3 aliphatic rings. The first kappa shape index (κ1) is 23.0. The number of nitrogens with zero attached hydrogens (tertiary/aromatic N) is 3. The van der Waals surface area contributed by atoms with Gasteiger partial charge in [-0.1, -0.05) is 30.3 Å². The predicted molar refractivity (Wildman–Crippen MR) is 132 cm³/mol. The molecule has 1 aromatic carbocycles. The maximum Gasteiger partial charge on any atom is 0.254 e. The van der Waals surface area contributed by atoms with Gasteiger partial charge in [-0.2, -0.15) is 0 Å². The number of nitrogens with one attached hydrogen (secondary N) is 1.